The van der Waals surface area contributed by atoms with Crippen LogP contribution in [0.3, 0.4) is 0 Å². The molecule has 1 aromatic heterocycles. The largest absolute Gasteiger partial charge is 0.341 e. The molecule has 2 N–H and O–H groups in total. The maximum absolute atomic E-state index is 12.5. The summed E-state index contributed by atoms with van der Waals surface area (Å²) in [5, 5.41) is 0. The van der Waals surface area contributed by atoms with Crippen LogP contribution >= 0.6 is 0 Å². The number of rotatable bonds is 3. The van der Waals surface area contributed by atoms with E-state index in [9.17, 15) is 14.4 Å². The number of carbonyl (C=O) groups excluding carboxylic acids is 3. The summed E-state index contributed by atoms with van der Waals surface area (Å²) >= 11 is 0. The van der Waals surface area contributed by atoms with Crippen LogP contribution in [0.5, 0.6) is 0 Å². The Morgan fingerprint density at radius 1 is 1.00 bits per heavy atom. The van der Waals surface area contributed by atoms with Crippen molar-refractivity contribution in [2.24, 2.45) is 11.7 Å². The van der Waals surface area contributed by atoms with Gasteiger partial charge in [0.25, 0.3) is 11.8 Å². The summed E-state index contributed by atoms with van der Waals surface area (Å²) < 4.78 is 0. The van der Waals surface area contributed by atoms with Gasteiger partial charge in [-0.3, -0.25) is 19.3 Å². The van der Waals surface area contributed by atoms with E-state index in [2.05, 4.69) is 9.97 Å². The third-order valence-electron chi connectivity index (χ3n) is 5.86. The maximum Gasteiger partial charge on any atom is 0.282 e. The van der Waals surface area contributed by atoms with Crippen molar-refractivity contribution in [2.45, 2.75) is 50.6 Å². The van der Waals surface area contributed by atoms with E-state index >= 15 is 0 Å². The molecule has 3 heterocycles. The van der Waals surface area contributed by atoms with E-state index in [4.69, 9.17) is 5.73 Å². The zero-order chi connectivity index (χ0) is 18.3. The number of nitrogens with zero attached hydrogens (tertiary/aromatic N) is 4. The lowest BCUT2D eigenvalue weighted by Gasteiger charge is -2.36. The average molecular weight is 357 g/mol. The number of fused-ring (bicyclic) bond motifs is 1. The molecule has 0 unspecified atom stereocenters. The molecule has 1 saturated carbocycles. The van der Waals surface area contributed by atoms with Crippen LogP contribution < -0.4 is 5.73 Å². The molecular weight excluding hydrogens is 334 g/mol. The van der Waals surface area contributed by atoms with E-state index in [1.807, 2.05) is 4.90 Å². The minimum atomic E-state index is -0.487. The number of amides is 3. The Bertz CT molecular complexity index is 703. The van der Waals surface area contributed by atoms with Gasteiger partial charge in [-0.1, -0.05) is 0 Å². The average Bonchev–Trinajstić information content (AvgIpc) is 3.29. The Morgan fingerprint density at radius 3 is 2.08 bits per heavy atom. The Labute approximate surface area is 151 Å². The van der Waals surface area contributed by atoms with Crippen molar-refractivity contribution < 1.29 is 14.4 Å². The first-order valence-corrected chi connectivity index (χ1v) is 9.31. The van der Waals surface area contributed by atoms with Crippen molar-refractivity contribution in [3.63, 3.8) is 0 Å². The molecule has 8 nitrogen and oxygen atoms in total. The lowest BCUT2D eigenvalue weighted by atomic mass is 9.81. The van der Waals surface area contributed by atoms with E-state index in [1.54, 1.807) is 0 Å². The zero-order valence-electron chi connectivity index (χ0n) is 14.6. The first-order chi connectivity index (χ1) is 12.6. The van der Waals surface area contributed by atoms with E-state index in [1.165, 1.54) is 17.3 Å². The minimum Gasteiger partial charge on any atom is -0.341 e. The molecule has 8 heteroatoms. The van der Waals surface area contributed by atoms with Gasteiger partial charge in [-0.05, 0) is 44.4 Å². The number of imide groups is 1. The second kappa shape index (κ2) is 6.75. The third kappa shape index (κ3) is 2.78. The monoisotopic (exact) mass is 357 g/mol. The van der Waals surface area contributed by atoms with Crippen LogP contribution in [-0.4, -0.2) is 62.7 Å². The summed E-state index contributed by atoms with van der Waals surface area (Å²) in [4.78, 5) is 48.7. The lowest BCUT2D eigenvalue weighted by molar-refractivity contribution is -0.133. The first kappa shape index (κ1) is 17.1. The number of aromatic nitrogens is 2. The number of hydrogen-bond donors (Lipinski definition) is 1. The van der Waals surface area contributed by atoms with Gasteiger partial charge in [0.2, 0.25) is 5.91 Å². The Morgan fingerprint density at radius 2 is 1.54 bits per heavy atom. The zero-order valence-corrected chi connectivity index (χ0v) is 14.6. The molecule has 0 spiro atoms. The molecule has 2 aliphatic heterocycles. The second-order valence-electron chi connectivity index (χ2n) is 7.36. The van der Waals surface area contributed by atoms with Crippen LogP contribution in [0, 0.1) is 5.92 Å². The minimum absolute atomic E-state index is 0.0417. The molecule has 26 heavy (non-hydrogen) atoms. The van der Waals surface area contributed by atoms with Crippen molar-refractivity contribution in [3.8, 4) is 0 Å². The van der Waals surface area contributed by atoms with Crippen LogP contribution in [0.15, 0.2) is 12.4 Å². The summed E-state index contributed by atoms with van der Waals surface area (Å²) in [7, 11) is 0. The normalized spacial score (nSPS) is 27.0. The standard InChI is InChI=1S/C18H23N5O3/c19-13(16(24)22-9-1-2-10-22)11-3-5-12(6-4-11)23-17(25)14-15(18(23)26)21-8-7-20-14/h7-8,11-13H,1-6,9-10,19H2/t11-,12-,13-/m0/s1. The van der Waals surface area contributed by atoms with E-state index in [0.717, 1.165) is 38.8 Å². The summed E-state index contributed by atoms with van der Waals surface area (Å²) in [5.74, 6) is -0.580. The first-order valence-electron chi connectivity index (χ1n) is 9.31. The fourth-order valence-electron chi connectivity index (χ4n) is 4.37. The molecule has 1 aromatic rings. The summed E-state index contributed by atoms with van der Waals surface area (Å²) in [6, 6.07) is -0.657. The fourth-order valence-corrected chi connectivity index (χ4v) is 4.37. The van der Waals surface area contributed by atoms with E-state index in [0.29, 0.717) is 12.8 Å². The molecule has 1 aliphatic carbocycles. The van der Waals surface area contributed by atoms with Gasteiger partial charge in [-0.2, -0.15) is 0 Å². The molecule has 1 atom stereocenters. The van der Waals surface area contributed by atoms with Crippen LogP contribution in [0.1, 0.15) is 59.5 Å². The maximum atomic E-state index is 12.5. The van der Waals surface area contributed by atoms with Crippen molar-refractivity contribution in [1.29, 1.82) is 0 Å². The van der Waals surface area contributed by atoms with Gasteiger partial charge < -0.3 is 10.6 Å². The predicted molar refractivity (Wildman–Crippen MR) is 92.1 cm³/mol. The number of carbonyl (C=O) groups is 3. The van der Waals surface area contributed by atoms with Gasteiger partial charge in [0.15, 0.2) is 11.4 Å². The van der Waals surface area contributed by atoms with E-state index in [-0.39, 0.29) is 41.1 Å². The quantitative estimate of drug-likeness (QED) is 0.793. The van der Waals surface area contributed by atoms with Crippen LogP contribution in [0.4, 0.5) is 0 Å². The molecule has 1 saturated heterocycles. The Balaban J connectivity index is 1.39. The molecule has 0 radical (unpaired) electrons. The van der Waals surface area contributed by atoms with Crippen LogP contribution in [0.2, 0.25) is 0 Å². The van der Waals surface area contributed by atoms with Crippen molar-refractivity contribution in [2.75, 3.05) is 13.1 Å². The van der Waals surface area contributed by atoms with Crippen molar-refractivity contribution >= 4 is 17.7 Å². The van der Waals surface area contributed by atoms with Crippen LogP contribution in [0.25, 0.3) is 0 Å². The third-order valence-corrected chi connectivity index (χ3v) is 5.86. The second-order valence-corrected chi connectivity index (χ2v) is 7.36. The van der Waals surface area contributed by atoms with Crippen LogP contribution in [-0.2, 0) is 4.79 Å². The predicted octanol–water partition coefficient (Wildman–Crippen LogP) is 0.581. The molecule has 138 valence electrons. The van der Waals surface area contributed by atoms with Gasteiger partial charge in [0, 0.05) is 31.5 Å². The van der Waals surface area contributed by atoms with E-state index < -0.39 is 6.04 Å². The molecule has 3 aliphatic rings. The topological polar surface area (TPSA) is 109 Å². The van der Waals surface area contributed by atoms with Gasteiger partial charge in [-0.25, -0.2) is 9.97 Å². The van der Waals surface area contributed by atoms with Gasteiger partial charge in [0.05, 0.1) is 6.04 Å². The van der Waals surface area contributed by atoms with Crippen molar-refractivity contribution in [1.82, 2.24) is 19.8 Å². The number of hydrogen-bond acceptors (Lipinski definition) is 6. The van der Waals surface area contributed by atoms with Gasteiger partial charge >= 0.3 is 0 Å². The fraction of sp³-hybridized carbons (Fsp3) is 0.611. The highest BCUT2D eigenvalue weighted by Crippen LogP contribution is 2.33. The molecule has 4 rings (SSSR count). The highest BCUT2D eigenvalue weighted by atomic mass is 16.2. The molecular formula is C18H23N5O3. The SMILES string of the molecule is N[C@H](C(=O)N1CCCC1)[C@H]1CC[C@H](N2C(=O)c3nccnc3C2=O)CC1. The van der Waals surface area contributed by atoms with Gasteiger partial charge in [-0.15, -0.1) is 0 Å². The molecule has 3 amide bonds. The Kier molecular flexibility index (Phi) is 4.44. The lowest BCUT2D eigenvalue weighted by Crippen LogP contribution is -2.49. The highest BCUT2D eigenvalue weighted by Gasteiger charge is 2.44. The summed E-state index contributed by atoms with van der Waals surface area (Å²) in [6.45, 7) is 1.60. The Hall–Kier alpha value is -2.35. The summed E-state index contributed by atoms with van der Waals surface area (Å²) in [5.41, 5.74) is 6.51. The number of likely N-dealkylation sites (tertiary alicyclic amines) is 1. The molecule has 0 bridgehead atoms. The van der Waals surface area contributed by atoms with Gasteiger partial charge in [0.1, 0.15) is 0 Å². The highest BCUT2D eigenvalue weighted by molar-refractivity contribution is 6.19. The van der Waals surface area contributed by atoms with Crippen molar-refractivity contribution in [3.05, 3.63) is 23.8 Å². The molecule has 0 aromatic carbocycles. The number of nitrogens with two attached hydrogens (primary N) is 1. The smallest absolute Gasteiger partial charge is 0.282 e. The molecule has 2 fully saturated rings. The summed E-state index contributed by atoms with van der Waals surface area (Å²) in [6.07, 6.45) is 7.74.